The lowest BCUT2D eigenvalue weighted by molar-refractivity contribution is 1.67. The zero-order valence-electron chi connectivity index (χ0n) is 15.3. The predicted molar refractivity (Wildman–Crippen MR) is 89.8 cm³/mol. The number of hydrogen-bond acceptors (Lipinski definition) is 1. The second-order valence-corrected chi connectivity index (χ2v) is 5.86. The molecule has 3 aromatic carbocycles. The molecule has 0 bridgehead atoms. The van der Waals surface area contributed by atoms with Crippen LogP contribution in [0.25, 0.3) is 31.3 Å². The molecule has 0 aliphatic rings. The molecule has 0 radical (unpaired) electrons. The maximum Gasteiger partial charge on any atom is 0.0629 e. The van der Waals surface area contributed by atoms with Gasteiger partial charge in [-0.2, -0.15) is 0 Å². The zero-order valence-corrected chi connectivity index (χ0v) is 11.8. The topological polar surface area (TPSA) is 0 Å². The number of halogens is 1. The maximum atomic E-state index is 8.23. The van der Waals surface area contributed by atoms with Crippen molar-refractivity contribution in [3.8, 4) is 11.1 Å². The molecule has 0 saturated carbocycles. The van der Waals surface area contributed by atoms with Gasteiger partial charge in [-0.15, -0.1) is 11.3 Å². The van der Waals surface area contributed by atoms with Gasteiger partial charge in [-0.3, -0.25) is 0 Å². The van der Waals surface area contributed by atoms with Crippen molar-refractivity contribution >= 4 is 43.1 Å². The van der Waals surface area contributed by atoms with Gasteiger partial charge in [0.1, 0.15) is 0 Å². The van der Waals surface area contributed by atoms with Gasteiger partial charge in [0.2, 0.25) is 0 Å². The second kappa shape index (κ2) is 4.62. The average molecular weight is 300 g/mol. The van der Waals surface area contributed by atoms with Crippen LogP contribution in [0.3, 0.4) is 0 Å². The highest BCUT2D eigenvalue weighted by molar-refractivity contribution is 7.26. The van der Waals surface area contributed by atoms with Crippen molar-refractivity contribution < 1.29 is 6.85 Å². The van der Waals surface area contributed by atoms with Crippen molar-refractivity contribution in [1.29, 1.82) is 0 Å². The summed E-state index contributed by atoms with van der Waals surface area (Å²) in [5.74, 6) is 0. The number of thiophene rings is 1. The Morgan fingerprint density at radius 2 is 1.75 bits per heavy atom. The molecule has 0 unspecified atom stereocenters. The highest BCUT2D eigenvalue weighted by Gasteiger charge is 2.11. The predicted octanol–water partition coefficient (Wildman–Crippen LogP) is 6.37. The fourth-order valence-corrected chi connectivity index (χ4v) is 3.97. The maximum absolute atomic E-state index is 8.23. The van der Waals surface area contributed by atoms with E-state index in [4.69, 9.17) is 18.5 Å². The van der Waals surface area contributed by atoms with E-state index in [9.17, 15) is 0 Å². The van der Waals surface area contributed by atoms with Crippen LogP contribution in [0.5, 0.6) is 0 Å². The summed E-state index contributed by atoms with van der Waals surface area (Å²) < 4.78 is 41.9. The molecule has 1 heterocycles. The monoisotopic (exact) mass is 299 g/mol. The molecule has 0 nitrogen and oxygen atoms in total. The van der Waals surface area contributed by atoms with Crippen LogP contribution in [0.2, 0.25) is 5.02 Å². The molecular weight excluding hydrogens is 284 g/mol. The van der Waals surface area contributed by atoms with E-state index in [-0.39, 0.29) is 35.8 Å². The van der Waals surface area contributed by atoms with Gasteiger partial charge >= 0.3 is 0 Å². The van der Waals surface area contributed by atoms with Crippen LogP contribution in [0, 0.1) is 0 Å². The minimum Gasteiger partial charge on any atom is -0.134 e. The summed E-state index contributed by atoms with van der Waals surface area (Å²) in [5, 5.41) is 2.50. The minimum absolute atomic E-state index is 0.193. The number of fused-ring (bicyclic) bond motifs is 3. The van der Waals surface area contributed by atoms with Gasteiger partial charge in [0, 0.05) is 25.2 Å². The van der Waals surface area contributed by atoms with E-state index in [0.717, 1.165) is 20.2 Å². The van der Waals surface area contributed by atoms with E-state index < -0.39 is 0 Å². The molecule has 0 saturated heterocycles. The Kier molecular flexibility index (Phi) is 1.81. The summed E-state index contributed by atoms with van der Waals surface area (Å²) in [5.41, 5.74) is 0.853. The Balaban J connectivity index is 2.17. The fourth-order valence-electron chi connectivity index (χ4n) is 2.39. The Labute approximate surface area is 133 Å². The van der Waals surface area contributed by atoms with Crippen LogP contribution >= 0.6 is 22.9 Å². The molecule has 0 N–H and O–H groups in total. The first-order valence-electron chi connectivity index (χ1n) is 8.59. The van der Waals surface area contributed by atoms with Gasteiger partial charge in [0.15, 0.2) is 0 Å². The first-order chi connectivity index (χ1) is 11.9. The molecule has 4 aromatic rings. The van der Waals surface area contributed by atoms with Gasteiger partial charge in [-0.25, -0.2) is 0 Å². The average Bonchev–Trinajstić information content (AvgIpc) is 2.99. The summed E-state index contributed by atoms with van der Waals surface area (Å²) in [4.78, 5) is 0. The quantitative estimate of drug-likeness (QED) is 0.383. The molecular formula is C18H11ClS. The fraction of sp³-hybridized carbons (Fsp3) is 0. The van der Waals surface area contributed by atoms with E-state index in [2.05, 4.69) is 0 Å². The number of hydrogen-bond donors (Lipinski definition) is 0. The van der Waals surface area contributed by atoms with E-state index in [1.165, 1.54) is 11.3 Å². The molecule has 4 rings (SSSR count). The SMILES string of the molecule is [2H]c1c([2H])c([2H])c(-c2cccc3c2sc2cccc(Cl)c23)c([2H])c1[2H]. The van der Waals surface area contributed by atoms with Crippen molar-refractivity contribution in [3.05, 3.63) is 71.6 Å². The standard InChI is InChI=1S/C18H11ClS/c19-15-10-5-11-16-17(15)14-9-4-8-13(18(14)20-16)12-6-2-1-3-7-12/h1-11H/i1D,2D,3D,6D,7D. The third kappa shape index (κ3) is 1.75. The first-order valence-corrected chi connectivity index (χ1v) is 7.28. The van der Waals surface area contributed by atoms with Crippen LogP contribution in [0.15, 0.2) is 66.6 Å². The third-order valence-corrected chi connectivity index (χ3v) is 4.76. The van der Waals surface area contributed by atoms with E-state index >= 15 is 0 Å². The van der Waals surface area contributed by atoms with E-state index in [0.29, 0.717) is 10.6 Å². The van der Waals surface area contributed by atoms with Crippen molar-refractivity contribution in [2.45, 2.75) is 0 Å². The Morgan fingerprint density at radius 1 is 0.950 bits per heavy atom. The summed E-state index contributed by atoms with van der Waals surface area (Å²) >= 11 is 7.87. The molecule has 96 valence electrons. The van der Waals surface area contributed by atoms with E-state index in [1.807, 2.05) is 30.3 Å². The van der Waals surface area contributed by atoms with Gasteiger partial charge in [-0.05, 0) is 23.3 Å². The summed E-state index contributed by atoms with van der Waals surface area (Å²) in [6.07, 6.45) is 0. The van der Waals surface area contributed by atoms with Crippen LogP contribution in [-0.4, -0.2) is 0 Å². The molecule has 0 spiro atoms. The molecule has 0 amide bonds. The van der Waals surface area contributed by atoms with Crippen molar-refractivity contribution in [1.82, 2.24) is 0 Å². The molecule has 0 atom stereocenters. The molecule has 20 heavy (non-hydrogen) atoms. The summed E-state index contributed by atoms with van der Waals surface area (Å²) in [6.45, 7) is 0. The summed E-state index contributed by atoms with van der Waals surface area (Å²) in [6, 6.07) is 9.81. The Bertz CT molecular complexity index is 1140. The smallest absolute Gasteiger partial charge is 0.0629 e. The van der Waals surface area contributed by atoms with Gasteiger partial charge in [0.05, 0.1) is 6.85 Å². The normalized spacial score (nSPS) is 14.8. The lowest BCUT2D eigenvalue weighted by atomic mass is 10.0. The third-order valence-electron chi connectivity index (χ3n) is 3.24. The minimum atomic E-state index is -0.384. The largest absolute Gasteiger partial charge is 0.134 e. The lowest BCUT2D eigenvalue weighted by Gasteiger charge is -2.03. The molecule has 0 aliphatic heterocycles. The highest BCUT2D eigenvalue weighted by atomic mass is 35.5. The molecule has 0 aliphatic carbocycles. The van der Waals surface area contributed by atoms with Gasteiger partial charge in [0.25, 0.3) is 0 Å². The van der Waals surface area contributed by atoms with Crippen LogP contribution in [0.1, 0.15) is 6.85 Å². The number of benzene rings is 3. The first kappa shape index (κ1) is 7.82. The zero-order chi connectivity index (χ0) is 17.9. The van der Waals surface area contributed by atoms with Crippen molar-refractivity contribution in [2.75, 3.05) is 0 Å². The number of rotatable bonds is 1. The molecule has 2 heteroatoms. The highest BCUT2D eigenvalue weighted by Crippen LogP contribution is 2.42. The van der Waals surface area contributed by atoms with Gasteiger partial charge < -0.3 is 0 Å². The molecule has 0 fully saturated rings. The lowest BCUT2D eigenvalue weighted by Crippen LogP contribution is -1.77. The van der Waals surface area contributed by atoms with Crippen LogP contribution in [0.4, 0.5) is 0 Å². The van der Waals surface area contributed by atoms with Crippen molar-refractivity contribution in [3.63, 3.8) is 0 Å². The Hall–Kier alpha value is -1.83. The summed E-state index contributed by atoms with van der Waals surface area (Å²) in [7, 11) is 0. The van der Waals surface area contributed by atoms with E-state index in [1.54, 1.807) is 6.07 Å². The van der Waals surface area contributed by atoms with Gasteiger partial charge in [-0.1, -0.05) is 66.1 Å². The second-order valence-electron chi connectivity index (χ2n) is 4.40. The van der Waals surface area contributed by atoms with Crippen LogP contribution in [-0.2, 0) is 0 Å². The van der Waals surface area contributed by atoms with Crippen LogP contribution < -0.4 is 0 Å². The molecule has 1 aromatic heterocycles. The Morgan fingerprint density at radius 3 is 2.60 bits per heavy atom. The van der Waals surface area contributed by atoms with Crippen molar-refractivity contribution in [2.24, 2.45) is 0 Å².